The molecule has 0 atom stereocenters. The first kappa shape index (κ1) is 16.4. The molecule has 7 heteroatoms. The van der Waals surface area contributed by atoms with Crippen LogP contribution < -0.4 is 0 Å². The van der Waals surface area contributed by atoms with Crippen LogP contribution in [0.15, 0.2) is 0 Å². The van der Waals surface area contributed by atoms with Crippen molar-refractivity contribution >= 4 is 13.5 Å². The Bertz CT molecular complexity index is 60.5. The van der Waals surface area contributed by atoms with Crippen LogP contribution in [0.2, 0.25) is 0 Å². The Balaban J connectivity index is -0.000000180. The van der Waals surface area contributed by atoms with E-state index in [-0.39, 0.29) is 35.9 Å². The SMILES string of the molecule is F[C-](F)C(F)(F)F.[Ag+].[S-2]. The van der Waals surface area contributed by atoms with E-state index in [4.69, 9.17) is 0 Å². The summed E-state index contributed by atoms with van der Waals surface area (Å²) in [5, 5.41) is 0. The van der Waals surface area contributed by atoms with Gasteiger partial charge in [-0.1, -0.05) is 0 Å². The van der Waals surface area contributed by atoms with Crippen molar-refractivity contribution in [3.63, 3.8) is 0 Å². The second-order valence-corrected chi connectivity index (χ2v) is 0.758. The quantitative estimate of drug-likeness (QED) is 0.354. The van der Waals surface area contributed by atoms with Crippen LogP contribution in [0.1, 0.15) is 0 Å². The first-order valence-electron chi connectivity index (χ1n) is 1.19. The van der Waals surface area contributed by atoms with E-state index in [0.717, 1.165) is 0 Å². The molecule has 0 radical (unpaired) electrons. The Labute approximate surface area is 70.8 Å². The molecule has 0 aliphatic rings. The smallest absolute Gasteiger partial charge is 1.00 e. The van der Waals surface area contributed by atoms with Gasteiger partial charge in [-0.15, -0.1) is 0 Å². The molecule has 0 unspecified atom stereocenters. The van der Waals surface area contributed by atoms with E-state index >= 15 is 0 Å². The maximum atomic E-state index is 10.4. The van der Waals surface area contributed by atoms with Gasteiger partial charge in [0.1, 0.15) is 6.43 Å². The number of rotatable bonds is 0. The molecule has 0 aromatic heterocycles. The summed E-state index contributed by atoms with van der Waals surface area (Å²) in [6.45, 7) is 0. The number of hydrogen-bond acceptors (Lipinski definition) is 0. The van der Waals surface area contributed by atoms with Gasteiger partial charge < -0.3 is 22.3 Å². The van der Waals surface area contributed by atoms with Crippen molar-refractivity contribution in [2.75, 3.05) is 0 Å². The second-order valence-electron chi connectivity index (χ2n) is 0.758. The second kappa shape index (κ2) is 5.52. The van der Waals surface area contributed by atoms with Crippen LogP contribution in [-0.2, 0) is 35.9 Å². The van der Waals surface area contributed by atoms with Gasteiger partial charge in [-0.25, -0.2) is 13.2 Å². The fourth-order valence-electron chi connectivity index (χ4n) is 0. The fourth-order valence-corrected chi connectivity index (χ4v) is 0. The van der Waals surface area contributed by atoms with Crippen molar-refractivity contribution in [3.05, 3.63) is 6.43 Å². The van der Waals surface area contributed by atoms with Gasteiger partial charge in [-0.2, -0.15) is 0 Å². The Morgan fingerprint density at radius 2 is 1.11 bits per heavy atom. The minimum atomic E-state index is -5.42. The van der Waals surface area contributed by atoms with Crippen molar-refractivity contribution in [3.8, 4) is 0 Å². The number of hydrogen-bond donors (Lipinski definition) is 0. The van der Waals surface area contributed by atoms with Gasteiger partial charge in [0.25, 0.3) is 0 Å². The third kappa shape index (κ3) is 8.74. The van der Waals surface area contributed by atoms with Gasteiger partial charge >= 0.3 is 28.6 Å². The Hall–Kier alpha value is 0.740. The van der Waals surface area contributed by atoms with Gasteiger partial charge in [-0.3, -0.25) is 0 Å². The van der Waals surface area contributed by atoms with Crippen LogP contribution in [0.3, 0.4) is 0 Å². The van der Waals surface area contributed by atoms with Crippen molar-refractivity contribution < 1.29 is 44.3 Å². The maximum Gasteiger partial charge on any atom is 1.00 e. The van der Waals surface area contributed by atoms with Gasteiger partial charge in [0.2, 0.25) is 0 Å². The van der Waals surface area contributed by atoms with E-state index < -0.39 is 12.6 Å². The summed E-state index contributed by atoms with van der Waals surface area (Å²) >= 11 is 0. The summed E-state index contributed by atoms with van der Waals surface area (Å²) in [5.74, 6) is 0. The van der Waals surface area contributed by atoms with Crippen LogP contribution >= 0.6 is 0 Å². The maximum absolute atomic E-state index is 10.4. The van der Waals surface area contributed by atoms with E-state index in [2.05, 4.69) is 0 Å². The summed E-state index contributed by atoms with van der Waals surface area (Å²) in [4.78, 5) is 0. The fraction of sp³-hybridized carbons (Fsp3) is 0.500. The van der Waals surface area contributed by atoms with Crippen molar-refractivity contribution in [1.82, 2.24) is 0 Å². The first-order chi connectivity index (χ1) is 2.94. The summed E-state index contributed by atoms with van der Waals surface area (Å²) in [7, 11) is 0. The minimum Gasteiger partial charge on any atom is -2.00 e. The molecule has 0 bridgehead atoms. The molecule has 0 spiro atoms. The largest absolute Gasteiger partial charge is 2.00 e. The molecule has 0 N–H and O–H groups in total. The Morgan fingerprint density at radius 1 is 1.00 bits per heavy atom. The molecule has 0 heterocycles. The molecule has 0 aliphatic heterocycles. The summed E-state index contributed by atoms with van der Waals surface area (Å²) in [6.07, 6.45) is -8.92. The van der Waals surface area contributed by atoms with Crippen LogP contribution in [0.25, 0.3) is 0 Å². The van der Waals surface area contributed by atoms with E-state index in [1.807, 2.05) is 0 Å². The molecule has 0 aromatic carbocycles. The topological polar surface area (TPSA) is 0 Å². The molecule has 0 saturated carbocycles. The van der Waals surface area contributed by atoms with Gasteiger partial charge in [0.05, 0.1) is 0 Å². The van der Waals surface area contributed by atoms with Crippen molar-refractivity contribution in [1.29, 1.82) is 0 Å². The number of halogens is 5. The average molecular weight is 259 g/mol. The summed E-state index contributed by atoms with van der Waals surface area (Å²) in [6, 6.07) is 0. The molecule has 0 nitrogen and oxygen atoms in total. The Morgan fingerprint density at radius 3 is 1.11 bits per heavy atom. The van der Waals surface area contributed by atoms with Crippen LogP contribution in [0.5, 0.6) is 0 Å². The van der Waals surface area contributed by atoms with Gasteiger partial charge in [0, 0.05) is 0 Å². The zero-order valence-corrected chi connectivity index (χ0v) is 5.90. The van der Waals surface area contributed by atoms with Crippen molar-refractivity contribution in [2.24, 2.45) is 0 Å². The Kier molecular flexibility index (Phi) is 10.0. The molecule has 0 fully saturated rings. The minimum absolute atomic E-state index is 0. The van der Waals surface area contributed by atoms with E-state index in [9.17, 15) is 22.0 Å². The predicted octanol–water partition coefficient (Wildman–Crippen LogP) is 1.97. The van der Waals surface area contributed by atoms with Gasteiger partial charge in [0.15, 0.2) is 0 Å². The first-order valence-corrected chi connectivity index (χ1v) is 1.19. The molecule has 0 amide bonds. The molecule has 0 aromatic rings. The van der Waals surface area contributed by atoms with E-state index in [1.54, 1.807) is 0 Å². The number of alkyl halides is 3. The normalized spacial score (nSPS) is 10.0. The molecule has 0 rings (SSSR count). The van der Waals surface area contributed by atoms with E-state index in [0.29, 0.717) is 0 Å². The molecule has 0 saturated heterocycles. The average Bonchev–Trinajstić information content (AvgIpc) is 1.31. The van der Waals surface area contributed by atoms with E-state index in [1.165, 1.54) is 0 Å². The van der Waals surface area contributed by atoms with Crippen LogP contribution in [0.4, 0.5) is 22.0 Å². The van der Waals surface area contributed by atoms with Crippen LogP contribution in [-0.4, -0.2) is 6.18 Å². The summed E-state index contributed by atoms with van der Waals surface area (Å²) < 4.78 is 51.8. The zero-order valence-electron chi connectivity index (χ0n) is 3.60. The summed E-state index contributed by atoms with van der Waals surface area (Å²) in [5.41, 5.74) is 0. The molecular weight excluding hydrogens is 259 g/mol. The van der Waals surface area contributed by atoms with Crippen LogP contribution in [0, 0.1) is 6.43 Å². The third-order valence-corrected chi connectivity index (χ3v) is 0.214. The third-order valence-electron chi connectivity index (χ3n) is 0.214. The molecule has 0 aliphatic carbocycles. The molecular formula is C2AgF5S-2. The van der Waals surface area contributed by atoms with Gasteiger partial charge in [-0.05, 0) is 0 Å². The predicted molar refractivity (Wildman–Crippen MR) is 18.9 cm³/mol. The monoisotopic (exact) mass is 258 g/mol. The molecule has 9 heavy (non-hydrogen) atoms. The van der Waals surface area contributed by atoms with Crippen molar-refractivity contribution in [2.45, 2.75) is 6.18 Å². The standard InChI is InChI=1S/C2F5.Ag.S/c3-1(4)2(5,6)7;;/q-1;+1;-2. The molecule has 62 valence electrons. The zero-order chi connectivity index (χ0) is 6.08.